The van der Waals surface area contributed by atoms with Crippen LogP contribution in [0.1, 0.15) is 23.7 Å². The summed E-state index contributed by atoms with van der Waals surface area (Å²) in [6.45, 7) is 0.376. The summed E-state index contributed by atoms with van der Waals surface area (Å²) >= 11 is 0. The quantitative estimate of drug-likeness (QED) is 0.536. The maximum atomic E-state index is 11.8. The average molecular weight is 332 g/mol. The summed E-state index contributed by atoms with van der Waals surface area (Å²) in [5.41, 5.74) is 1.61. The summed E-state index contributed by atoms with van der Waals surface area (Å²) in [6, 6.07) is 21.5. The van der Waals surface area contributed by atoms with Crippen molar-refractivity contribution in [1.82, 2.24) is 0 Å². The number of ether oxygens (including phenoxy) is 2. The number of cyclic esters (lactones) is 1. The molecular formula is C21H16O4. The Morgan fingerprint density at radius 2 is 1.76 bits per heavy atom. The molecule has 0 saturated carbocycles. The molecule has 0 amide bonds. The minimum atomic E-state index is -0.784. The molecule has 0 spiro atoms. The van der Waals surface area contributed by atoms with E-state index in [9.17, 15) is 9.59 Å². The van der Waals surface area contributed by atoms with Crippen LogP contribution in [0.25, 0.3) is 10.8 Å². The molecule has 1 heterocycles. The molecule has 4 heteroatoms. The van der Waals surface area contributed by atoms with Crippen molar-refractivity contribution < 1.29 is 19.1 Å². The maximum absolute atomic E-state index is 11.8. The molecule has 124 valence electrons. The Bertz CT molecular complexity index is 961. The standard InChI is InChI=1S/C21H16O4/c22-19-12-20(23)25-21(19)17-7-3-4-14(10-17)13-24-18-9-8-15-5-1-2-6-16(15)11-18/h1-11,21H,12-13H2. The smallest absolute Gasteiger partial charge is 0.314 e. The Morgan fingerprint density at radius 3 is 2.56 bits per heavy atom. The van der Waals surface area contributed by atoms with E-state index in [1.807, 2.05) is 54.6 Å². The van der Waals surface area contributed by atoms with Gasteiger partial charge in [0.1, 0.15) is 18.8 Å². The third-order valence-electron chi connectivity index (χ3n) is 4.24. The van der Waals surface area contributed by atoms with Crippen molar-refractivity contribution in [2.45, 2.75) is 19.1 Å². The van der Waals surface area contributed by atoms with Gasteiger partial charge in [-0.3, -0.25) is 9.59 Å². The van der Waals surface area contributed by atoms with Crippen molar-refractivity contribution in [1.29, 1.82) is 0 Å². The van der Waals surface area contributed by atoms with E-state index in [4.69, 9.17) is 9.47 Å². The van der Waals surface area contributed by atoms with Gasteiger partial charge in [0.2, 0.25) is 0 Å². The lowest BCUT2D eigenvalue weighted by molar-refractivity contribution is -0.142. The summed E-state index contributed by atoms with van der Waals surface area (Å²) in [6.07, 6.45) is -0.934. The zero-order chi connectivity index (χ0) is 17.2. The Labute approximate surface area is 145 Å². The molecule has 1 saturated heterocycles. The summed E-state index contributed by atoms with van der Waals surface area (Å²) in [5.74, 6) is 0.123. The fraction of sp³-hybridized carbons (Fsp3) is 0.143. The summed E-state index contributed by atoms with van der Waals surface area (Å²) in [4.78, 5) is 23.1. The largest absolute Gasteiger partial charge is 0.489 e. The molecule has 3 aromatic carbocycles. The van der Waals surface area contributed by atoms with Gasteiger partial charge in [-0.1, -0.05) is 48.5 Å². The molecular weight excluding hydrogens is 316 g/mol. The van der Waals surface area contributed by atoms with E-state index in [1.54, 1.807) is 6.07 Å². The molecule has 0 radical (unpaired) electrons. The molecule has 4 rings (SSSR count). The van der Waals surface area contributed by atoms with Gasteiger partial charge < -0.3 is 9.47 Å². The average Bonchev–Trinajstić information content (AvgIpc) is 2.98. The number of ketones is 1. The number of esters is 1. The number of hydrogen-bond acceptors (Lipinski definition) is 4. The highest BCUT2D eigenvalue weighted by atomic mass is 16.6. The van der Waals surface area contributed by atoms with E-state index in [-0.39, 0.29) is 12.2 Å². The van der Waals surface area contributed by atoms with Gasteiger partial charge in [0, 0.05) is 5.56 Å². The van der Waals surface area contributed by atoms with Crippen LogP contribution >= 0.6 is 0 Å². The van der Waals surface area contributed by atoms with E-state index in [1.165, 1.54) is 5.39 Å². The Hall–Kier alpha value is -3.14. The molecule has 0 bridgehead atoms. The minimum Gasteiger partial charge on any atom is -0.489 e. The molecule has 1 aliphatic heterocycles. The number of fused-ring (bicyclic) bond motifs is 1. The zero-order valence-corrected chi connectivity index (χ0v) is 13.5. The van der Waals surface area contributed by atoms with Gasteiger partial charge in [0.05, 0.1) is 0 Å². The molecule has 1 aliphatic rings. The van der Waals surface area contributed by atoms with E-state index in [0.717, 1.165) is 16.7 Å². The van der Waals surface area contributed by atoms with Gasteiger partial charge in [-0.05, 0) is 34.5 Å². The maximum Gasteiger partial charge on any atom is 0.314 e. The second-order valence-electron chi connectivity index (χ2n) is 6.06. The van der Waals surface area contributed by atoms with Crippen molar-refractivity contribution in [3.8, 4) is 5.75 Å². The number of carbonyl (C=O) groups is 2. The first kappa shape index (κ1) is 15.4. The third kappa shape index (κ3) is 3.24. The van der Waals surface area contributed by atoms with E-state index in [0.29, 0.717) is 12.2 Å². The van der Waals surface area contributed by atoms with E-state index >= 15 is 0 Å². The van der Waals surface area contributed by atoms with Crippen LogP contribution in [0.2, 0.25) is 0 Å². The summed E-state index contributed by atoms with van der Waals surface area (Å²) in [5, 5.41) is 2.29. The molecule has 0 N–H and O–H groups in total. The highest BCUT2D eigenvalue weighted by molar-refractivity contribution is 6.03. The molecule has 0 aliphatic carbocycles. The van der Waals surface area contributed by atoms with Gasteiger partial charge in [-0.2, -0.15) is 0 Å². The Balaban J connectivity index is 1.50. The monoisotopic (exact) mass is 332 g/mol. The lowest BCUT2D eigenvalue weighted by atomic mass is 10.0. The number of benzene rings is 3. The second-order valence-corrected chi connectivity index (χ2v) is 6.06. The van der Waals surface area contributed by atoms with Gasteiger partial charge in [-0.15, -0.1) is 0 Å². The third-order valence-corrected chi connectivity index (χ3v) is 4.24. The van der Waals surface area contributed by atoms with Crippen LogP contribution in [-0.2, 0) is 20.9 Å². The Kier molecular flexibility index (Phi) is 3.94. The number of hydrogen-bond donors (Lipinski definition) is 0. The first-order chi connectivity index (χ1) is 12.2. The van der Waals surface area contributed by atoms with E-state index in [2.05, 4.69) is 6.07 Å². The molecule has 25 heavy (non-hydrogen) atoms. The van der Waals surface area contributed by atoms with Crippen LogP contribution in [0, 0.1) is 0 Å². The molecule has 1 fully saturated rings. The first-order valence-corrected chi connectivity index (χ1v) is 8.12. The number of carbonyl (C=O) groups excluding carboxylic acids is 2. The van der Waals surface area contributed by atoms with Crippen LogP contribution in [0.5, 0.6) is 5.75 Å². The highest BCUT2D eigenvalue weighted by Crippen LogP contribution is 2.27. The van der Waals surface area contributed by atoms with Crippen molar-refractivity contribution >= 4 is 22.5 Å². The topological polar surface area (TPSA) is 52.6 Å². The predicted molar refractivity (Wildman–Crippen MR) is 93.2 cm³/mol. The van der Waals surface area contributed by atoms with Crippen molar-refractivity contribution in [3.05, 3.63) is 77.9 Å². The van der Waals surface area contributed by atoms with Gasteiger partial charge in [0.25, 0.3) is 0 Å². The fourth-order valence-electron chi connectivity index (χ4n) is 3.00. The lowest BCUT2D eigenvalue weighted by Gasteiger charge is -2.11. The fourth-order valence-corrected chi connectivity index (χ4v) is 3.00. The van der Waals surface area contributed by atoms with Crippen LogP contribution in [0.4, 0.5) is 0 Å². The summed E-state index contributed by atoms with van der Waals surface area (Å²) in [7, 11) is 0. The lowest BCUT2D eigenvalue weighted by Crippen LogP contribution is -2.07. The van der Waals surface area contributed by atoms with Crippen molar-refractivity contribution in [2.24, 2.45) is 0 Å². The van der Waals surface area contributed by atoms with Crippen LogP contribution in [0.15, 0.2) is 66.7 Å². The molecule has 3 aromatic rings. The minimum absolute atomic E-state index is 0.150. The van der Waals surface area contributed by atoms with Crippen LogP contribution in [0.3, 0.4) is 0 Å². The Morgan fingerprint density at radius 1 is 0.920 bits per heavy atom. The molecule has 4 nitrogen and oxygen atoms in total. The highest BCUT2D eigenvalue weighted by Gasteiger charge is 2.33. The number of Topliss-reactive ketones (excluding diaryl/α,β-unsaturated/α-hetero) is 1. The predicted octanol–water partition coefficient (Wildman–Crippen LogP) is 3.98. The van der Waals surface area contributed by atoms with Gasteiger partial charge in [-0.25, -0.2) is 0 Å². The first-order valence-electron chi connectivity index (χ1n) is 8.12. The van der Waals surface area contributed by atoms with Crippen molar-refractivity contribution in [3.63, 3.8) is 0 Å². The van der Waals surface area contributed by atoms with Gasteiger partial charge >= 0.3 is 5.97 Å². The SMILES string of the molecule is O=C1CC(=O)C(c2cccc(COc3ccc4ccccc4c3)c2)O1. The molecule has 1 unspecified atom stereocenters. The molecule has 1 atom stereocenters. The normalized spacial score (nSPS) is 16.9. The second kappa shape index (κ2) is 6.40. The number of rotatable bonds is 4. The zero-order valence-electron chi connectivity index (χ0n) is 13.5. The summed E-state index contributed by atoms with van der Waals surface area (Å²) < 4.78 is 11.0. The van der Waals surface area contributed by atoms with Crippen LogP contribution < -0.4 is 4.74 Å². The van der Waals surface area contributed by atoms with Crippen LogP contribution in [-0.4, -0.2) is 11.8 Å². The van der Waals surface area contributed by atoms with E-state index < -0.39 is 12.1 Å². The van der Waals surface area contributed by atoms with Gasteiger partial charge in [0.15, 0.2) is 11.9 Å². The van der Waals surface area contributed by atoms with Crippen molar-refractivity contribution in [2.75, 3.05) is 0 Å². The molecule has 0 aromatic heterocycles.